The van der Waals surface area contributed by atoms with Crippen molar-refractivity contribution in [3.8, 4) is 11.4 Å². The van der Waals surface area contributed by atoms with Crippen LogP contribution in [-0.4, -0.2) is 65.0 Å². The van der Waals surface area contributed by atoms with E-state index in [1.54, 1.807) is 15.9 Å². The number of aromatic nitrogens is 4. The van der Waals surface area contributed by atoms with Gasteiger partial charge in [0.15, 0.2) is 11.5 Å². The van der Waals surface area contributed by atoms with E-state index in [0.717, 1.165) is 24.3 Å². The van der Waals surface area contributed by atoms with Gasteiger partial charge in [0.05, 0.1) is 6.26 Å². The molecule has 1 aliphatic heterocycles. The standard InChI is InChI=1S/C15H18N6O2S2/c1-25(22,23)20-7-2-6-19(8-9-20)14-4-3-13-16-17-15(21(13)18-14)12-5-10-24-11-12/h3-5,10-11H,2,6-9H2,1H3. The molecular formula is C15H18N6O2S2. The van der Waals surface area contributed by atoms with Crippen LogP contribution < -0.4 is 4.90 Å². The fourth-order valence-corrected chi connectivity index (χ4v) is 4.48. The number of anilines is 1. The van der Waals surface area contributed by atoms with Gasteiger partial charge in [0, 0.05) is 37.1 Å². The van der Waals surface area contributed by atoms with Gasteiger partial charge in [-0.2, -0.15) is 15.9 Å². The Kier molecular flexibility index (Phi) is 4.18. The minimum Gasteiger partial charge on any atom is -0.354 e. The second-order valence-electron chi connectivity index (χ2n) is 6.00. The minimum atomic E-state index is -3.15. The highest BCUT2D eigenvalue weighted by molar-refractivity contribution is 7.88. The Morgan fingerprint density at radius 1 is 1.08 bits per heavy atom. The highest BCUT2D eigenvalue weighted by Crippen LogP contribution is 2.22. The van der Waals surface area contributed by atoms with Gasteiger partial charge in [-0.25, -0.2) is 12.7 Å². The first-order valence-corrected chi connectivity index (χ1v) is 10.8. The lowest BCUT2D eigenvalue weighted by molar-refractivity contribution is 0.437. The van der Waals surface area contributed by atoms with Crippen molar-refractivity contribution >= 4 is 32.8 Å². The molecule has 1 aliphatic rings. The number of rotatable bonds is 3. The Labute approximate surface area is 149 Å². The minimum absolute atomic E-state index is 0.470. The quantitative estimate of drug-likeness (QED) is 0.684. The molecular weight excluding hydrogens is 360 g/mol. The summed E-state index contributed by atoms with van der Waals surface area (Å²) in [5.74, 6) is 1.52. The van der Waals surface area contributed by atoms with E-state index in [4.69, 9.17) is 5.10 Å². The average Bonchev–Trinajstić information content (AvgIpc) is 3.16. The maximum Gasteiger partial charge on any atom is 0.211 e. The SMILES string of the molecule is CS(=O)(=O)N1CCCN(c2ccc3nnc(-c4ccsc4)n3n2)CC1. The highest BCUT2D eigenvalue weighted by atomic mass is 32.2. The first-order chi connectivity index (χ1) is 12.0. The summed E-state index contributed by atoms with van der Waals surface area (Å²) in [6, 6.07) is 5.80. The third kappa shape index (κ3) is 3.24. The molecule has 0 bridgehead atoms. The Morgan fingerprint density at radius 3 is 2.72 bits per heavy atom. The molecule has 1 fully saturated rings. The fourth-order valence-electron chi connectivity index (χ4n) is 2.97. The summed E-state index contributed by atoms with van der Waals surface area (Å²) >= 11 is 1.60. The van der Waals surface area contributed by atoms with Gasteiger partial charge in [-0.05, 0) is 30.0 Å². The van der Waals surface area contributed by atoms with Crippen molar-refractivity contribution in [1.29, 1.82) is 0 Å². The lowest BCUT2D eigenvalue weighted by Gasteiger charge is -2.21. The van der Waals surface area contributed by atoms with Crippen LogP contribution in [0.3, 0.4) is 0 Å². The van der Waals surface area contributed by atoms with Gasteiger partial charge in [0.25, 0.3) is 0 Å². The Bertz CT molecular complexity index is 983. The van der Waals surface area contributed by atoms with Crippen LogP contribution in [0, 0.1) is 0 Å². The lowest BCUT2D eigenvalue weighted by Crippen LogP contribution is -2.34. The molecule has 132 valence electrons. The predicted molar refractivity (Wildman–Crippen MR) is 97.3 cm³/mol. The number of nitrogens with zero attached hydrogens (tertiary/aromatic N) is 6. The van der Waals surface area contributed by atoms with Gasteiger partial charge in [-0.1, -0.05) is 0 Å². The molecule has 25 heavy (non-hydrogen) atoms. The van der Waals surface area contributed by atoms with E-state index in [9.17, 15) is 8.42 Å². The van der Waals surface area contributed by atoms with E-state index in [-0.39, 0.29) is 0 Å². The number of hydrogen-bond donors (Lipinski definition) is 0. The molecule has 0 atom stereocenters. The van der Waals surface area contributed by atoms with Crippen LogP contribution in [0.25, 0.3) is 17.0 Å². The summed E-state index contributed by atoms with van der Waals surface area (Å²) in [6.07, 6.45) is 2.03. The molecule has 0 amide bonds. The second-order valence-corrected chi connectivity index (χ2v) is 8.76. The maximum atomic E-state index is 11.8. The Balaban J connectivity index is 1.64. The molecule has 0 aliphatic carbocycles. The van der Waals surface area contributed by atoms with Gasteiger partial charge in [0.1, 0.15) is 5.82 Å². The molecule has 3 aromatic rings. The van der Waals surface area contributed by atoms with Crippen molar-refractivity contribution < 1.29 is 8.42 Å². The molecule has 10 heteroatoms. The van der Waals surface area contributed by atoms with E-state index in [2.05, 4.69) is 15.1 Å². The predicted octanol–water partition coefficient (Wildman–Crippen LogP) is 1.32. The van der Waals surface area contributed by atoms with E-state index in [0.29, 0.717) is 31.1 Å². The maximum absolute atomic E-state index is 11.8. The van der Waals surface area contributed by atoms with E-state index in [1.807, 2.05) is 29.0 Å². The number of fused-ring (bicyclic) bond motifs is 1. The average molecular weight is 378 g/mol. The summed E-state index contributed by atoms with van der Waals surface area (Å²) in [6.45, 7) is 2.39. The number of thiophene rings is 1. The zero-order chi connectivity index (χ0) is 17.4. The largest absolute Gasteiger partial charge is 0.354 e. The van der Waals surface area contributed by atoms with Crippen LogP contribution in [0.5, 0.6) is 0 Å². The first-order valence-electron chi connectivity index (χ1n) is 7.97. The van der Waals surface area contributed by atoms with E-state index < -0.39 is 10.0 Å². The first kappa shape index (κ1) is 16.4. The molecule has 3 aromatic heterocycles. The molecule has 0 unspecified atom stereocenters. The Hall–Kier alpha value is -2.04. The molecule has 0 spiro atoms. The smallest absolute Gasteiger partial charge is 0.211 e. The van der Waals surface area contributed by atoms with Crippen LogP contribution in [0.4, 0.5) is 5.82 Å². The van der Waals surface area contributed by atoms with Crippen molar-refractivity contribution in [2.24, 2.45) is 0 Å². The third-order valence-corrected chi connectivity index (χ3v) is 6.26. The number of sulfonamides is 1. The van der Waals surface area contributed by atoms with Crippen LogP contribution in [0.2, 0.25) is 0 Å². The third-order valence-electron chi connectivity index (χ3n) is 4.28. The van der Waals surface area contributed by atoms with Crippen molar-refractivity contribution in [3.63, 3.8) is 0 Å². The van der Waals surface area contributed by atoms with Gasteiger partial charge >= 0.3 is 0 Å². The van der Waals surface area contributed by atoms with Gasteiger partial charge in [-0.3, -0.25) is 0 Å². The molecule has 8 nitrogen and oxygen atoms in total. The van der Waals surface area contributed by atoms with Crippen LogP contribution in [0.1, 0.15) is 6.42 Å². The summed E-state index contributed by atoms with van der Waals surface area (Å²) in [5.41, 5.74) is 1.68. The van der Waals surface area contributed by atoms with Gasteiger partial charge in [0.2, 0.25) is 10.0 Å². The zero-order valence-corrected chi connectivity index (χ0v) is 15.4. The Morgan fingerprint density at radius 2 is 1.96 bits per heavy atom. The van der Waals surface area contributed by atoms with Crippen molar-refractivity contribution in [1.82, 2.24) is 24.1 Å². The molecule has 0 saturated carbocycles. The van der Waals surface area contributed by atoms with E-state index in [1.165, 1.54) is 10.6 Å². The summed E-state index contributed by atoms with van der Waals surface area (Å²) in [7, 11) is -3.15. The van der Waals surface area contributed by atoms with Crippen LogP contribution in [-0.2, 0) is 10.0 Å². The summed E-state index contributed by atoms with van der Waals surface area (Å²) in [4.78, 5) is 2.11. The van der Waals surface area contributed by atoms with Crippen molar-refractivity contribution in [2.75, 3.05) is 37.3 Å². The highest BCUT2D eigenvalue weighted by Gasteiger charge is 2.22. The summed E-state index contributed by atoms with van der Waals surface area (Å²) in [5, 5.41) is 17.1. The van der Waals surface area contributed by atoms with Crippen LogP contribution >= 0.6 is 11.3 Å². The molecule has 0 N–H and O–H groups in total. The van der Waals surface area contributed by atoms with Crippen molar-refractivity contribution in [3.05, 3.63) is 29.0 Å². The molecule has 4 heterocycles. The zero-order valence-electron chi connectivity index (χ0n) is 13.7. The molecule has 0 radical (unpaired) electrons. The van der Waals surface area contributed by atoms with Gasteiger partial charge < -0.3 is 4.90 Å². The normalized spacial score (nSPS) is 17.1. The van der Waals surface area contributed by atoms with Crippen LogP contribution in [0.15, 0.2) is 29.0 Å². The lowest BCUT2D eigenvalue weighted by atomic mass is 10.3. The molecule has 0 aromatic carbocycles. The fraction of sp³-hybridized carbons (Fsp3) is 0.400. The topological polar surface area (TPSA) is 83.7 Å². The monoisotopic (exact) mass is 378 g/mol. The van der Waals surface area contributed by atoms with Gasteiger partial charge in [-0.15, -0.1) is 15.3 Å². The summed E-state index contributed by atoms with van der Waals surface area (Å²) < 4.78 is 26.8. The second kappa shape index (κ2) is 6.36. The number of hydrogen-bond acceptors (Lipinski definition) is 7. The van der Waals surface area contributed by atoms with Crippen molar-refractivity contribution in [2.45, 2.75) is 6.42 Å². The molecule has 4 rings (SSSR count). The van der Waals surface area contributed by atoms with E-state index >= 15 is 0 Å². The molecule has 1 saturated heterocycles.